The monoisotopic (exact) mass is 303 g/mol. The summed E-state index contributed by atoms with van der Waals surface area (Å²) in [7, 11) is -3.71. The summed E-state index contributed by atoms with van der Waals surface area (Å²) in [5.41, 5.74) is -0.0833. The standard InChI is InChI=1S/C12H14ClNO4S/c13-10-5-4-9(12(15)16)8-11(10)19(17,18)14-6-2-1-3-7-14/h4-5,8H,1-3,6-7H2,(H,15,16). The minimum Gasteiger partial charge on any atom is -0.478 e. The smallest absolute Gasteiger partial charge is 0.335 e. The van der Waals surface area contributed by atoms with Crippen LogP contribution in [0.1, 0.15) is 29.6 Å². The highest BCUT2D eigenvalue weighted by Crippen LogP contribution is 2.27. The molecule has 1 fully saturated rings. The average Bonchev–Trinajstić information content (AvgIpc) is 2.39. The number of carboxylic acids is 1. The number of halogens is 1. The molecule has 0 aliphatic carbocycles. The molecule has 2 rings (SSSR count). The second-order valence-electron chi connectivity index (χ2n) is 4.42. The van der Waals surface area contributed by atoms with Gasteiger partial charge in [-0.25, -0.2) is 13.2 Å². The second kappa shape index (κ2) is 5.48. The molecule has 0 amide bonds. The summed E-state index contributed by atoms with van der Waals surface area (Å²) in [4.78, 5) is 10.8. The Morgan fingerprint density at radius 1 is 1.21 bits per heavy atom. The number of piperidine rings is 1. The Labute approximate surface area is 116 Å². The molecule has 0 bridgehead atoms. The van der Waals surface area contributed by atoms with E-state index in [0.717, 1.165) is 25.3 Å². The van der Waals surface area contributed by atoms with E-state index in [4.69, 9.17) is 16.7 Å². The first-order valence-corrected chi connectivity index (χ1v) is 7.78. The van der Waals surface area contributed by atoms with Crippen LogP contribution >= 0.6 is 11.6 Å². The van der Waals surface area contributed by atoms with Crippen molar-refractivity contribution in [2.24, 2.45) is 0 Å². The zero-order chi connectivity index (χ0) is 14.0. The van der Waals surface area contributed by atoms with E-state index >= 15 is 0 Å². The number of sulfonamides is 1. The lowest BCUT2D eigenvalue weighted by molar-refractivity contribution is 0.0696. The summed E-state index contributed by atoms with van der Waals surface area (Å²) < 4.78 is 26.2. The minimum absolute atomic E-state index is 0.0515. The normalized spacial score (nSPS) is 17.3. The van der Waals surface area contributed by atoms with E-state index in [1.54, 1.807) is 0 Å². The van der Waals surface area contributed by atoms with Crippen molar-refractivity contribution in [3.05, 3.63) is 28.8 Å². The summed E-state index contributed by atoms with van der Waals surface area (Å²) in [6, 6.07) is 3.72. The molecule has 1 heterocycles. The number of aromatic carboxylic acids is 1. The van der Waals surface area contributed by atoms with Gasteiger partial charge in [0.05, 0.1) is 10.6 Å². The van der Waals surface area contributed by atoms with Gasteiger partial charge in [-0.3, -0.25) is 0 Å². The average molecular weight is 304 g/mol. The van der Waals surface area contributed by atoms with Crippen molar-refractivity contribution >= 4 is 27.6 Å². The van der Waals surface area contributed by atoms with Gasteiger partial charge in [0.15, 0.2) is 0 Å². The zero-order valence-electron chi connectivity index (χ0n) is 10.2. The van der Waals surface area contributed by atoms with E-state index < -0.39 is 16.0 Å². The van der Waals surface area contributed by atoms with Crippen LogP contribution in [-0.4, -0.2) is 36.9 Å². The lowest BCUT2D eigenvalue weighted by atomic mass is 10.2. The van der Waals surface area contributed by atoms with E-state index in [1.807, 2.05) is 0 Å². The maximum atomic E-state index is 12.4. The van der Waals surface area contributed by atoms with Crippen LogP contribution in [0.3, 0.4) is 0 Å². The minimum atomic E-state index is -3.71. The lowest BCUT2D eigenvalue weighted by Gasteiger charge is -2.26. The lowest BCUT2D eigenvalue weighted by Crippen LogP contribution is -2.35. The maximum Gasteiger partial charge on any atom is 0.335 e. The third-order valence-electron chi connectivity index (χ3n) is 3.11. The Morgan fingerprint density at radius 3 is 2.42 bits per heavy atom. The maximum absolute atomic E-state index is 12.4. The Balaban J connectivity index is 2.44. The van der Waals surface area contributed by atoms with Gasteiger partial charge in [-0.2, -0.15) is 4.31 Å². The molecule has 0 aromatic heterocycles. The van der Waals surface area contributed by atoms with Crippen LogP contribution in [0.5, 0.6) is 0 Å². The summed E-state index contributed by atoms with van der Waals surface area (Å²) in [6.07, 6.45) is 2.64. The molecule has 0 saturated carbocycles. The molecule has 1 saturated heterocycles. The molecule has 0 radical (unpaired) electrons. The van der Waals surface area contributed by atoms with Crippen molar-refractivity contribution in [3.63, 3.8) is 0 Å². The summed E-state index contributed by atoms with van der Waals surface area (Å²) in [5.74, 6) is -1.17. The van der Waals surface area contributed by atoms with Crippen LogP contribution in [0, 0.1) is 0 Å². The van der Waals surface area contributed by atoms with Crippen molar-refractivity contribution < 1.29 is 18.3 Å². The van der Waals surface area contributed by atoms with Gasteiger partial charge in [0, 0.05) is 13.1 Å². The predicted molar refractivity (Wildman–Crippen MR) is 71.0 cm³/mol. The largest absolute Gasteiger partial charge is 0.478 e. The molecule has 104 valence electrons. The van der Waals surface area contributed by atoms with Crippen molar-refractivity contribution in [1.82, 2.24) is 4.31 Å². The van der Waals surface area contributed by atoms with Gasteiger partial charge in [-0.15, -0.1) is 0 Å². The first-order valence-electron chi connectivity index (χ1n) is 5.96. The highest BCUT2D eigenvalue weighted by molar-refractivity contribution is 7.89. The third-order valence-corrected chi connectivity index (χ3v) is 5.49. The molecule has 5 nitrogen and oxygen atoms in total. The van der Waals surface area contributed by atoms with E-state index in [1.165, 1.54) is 16.4 Å². The van der Waals surface area contributed by atoms with Gasteiger partial charge in [0.25, 0.3) is 0 Å². The fourth-order valence-corrected chi connectivity index (χ4v) is 4.10. The first-order chi connectivity index (χ1) is 8.93. The SMILES string of the molecule is O=C(O)c1ccc(Cl)c(S(=O)(=O)N2CCCCC2)c1. The molecule has 1 aromatic carbocycles. The predicted octanol–water partition coefficient (Wildman–Crippen LogP) is 2.21. The Morgan fingerprint density at radius 2 is 1.84 bits per heavy atom. The van der Waals surface area contributed by atoms with Gasteiger partial charge in [-0.1, -0.05) is 18.0 Å². The van der Waals surface area contributed by atoms with Gasteiger partial charge >= 0.3 is 5.97 Å². The summed E-state index contributed by atoms with van der Waals surface area (Å²) in [6.45, 7) is 0.909. The van der Waals surface area contributed by atoms with Gasteiger partial charge < -0.3 is 5.11 Å². The number of rotatable bonds is 3. The van der Waals surface area contributed by atoms with Crippen LogP contribution in [0.25, 0.3) is 0 Å². The molecule has 7 heteroatoms. The number of carbonyl (C=O) groups is 1. The summed E-state index contributed by atoms with van der Waals surface area (Å²) in [5, 5.41) is 8.98. The molecule has 1 aliphatic heterocycles. The van der Waals surface area contributed by atoms with E-state index in [-0.39, 0.29) is 15.5 Å². The van der Waals surface area contributed by atoms with Crippen molar-refractivity contribution in [1.29, 1.82) is 0 Å². The number of nitrogens with zero attached hydrogens (tertiary/aromatic N) is 1. The van der Waals surface area contributed by atoms with E-state index in [0.29, 0.717) is 13.1 Å². The van der Waals surface area contributed by atoms with Crippen LogP contribution < -0.4 is 0 Å². The Kier molecular flexibility index (Phi) is 4.13. The van der Waals surface area contributed by atoms with Crippen molar-refractivity contribution in [2.75, 3.05) is 13.1 Å². The highest BCUT2D eigenvalue weighted by Gasteiger charge is 2.28. The van der Waals surface area contributed by atoms with Crippen LogP contribution in [-0.2, 0) is 10.0 Å². The molecular formula is C12H14ClNO4S. The quantitative estimate of drug-likeness (QED) is 0.929. The first kappa shape index (κ1) is 14.3. The molecule has 0 unspecified atom stereocenters. The highest BCUT2D eigenvalue weighted by atomic mass is 35.5. The third kappa shape index (κ3) is 2.91. The fourth-order valence-electron chi connectivity index (χ4n) is 2.08. The Hall–Kier alpha value is -1.11. The molecule has 0 atom stereocenters. The number of benzene rings is 1. The molecule has 1 aliphatic rings. The second-order valence-corrected chi connectivity index (χ2v) is 6.73. The molecule has 1 aromatic rings. The van der Waals surface area contributed by atoms with Crippen LogP contribution in [0.15, 0.2) is 23.1 Å². The van der Waals surface area contributed by atoms with Crippen molar-refractivity contribution in [2.45, 2.75) is 24.2 Å². The molecule has 1 N–H and O–H groups in total. The molecule has 19 heavy (non-hydrogen) atoms. The molecular weight excluding hydrogens is 290 g/mol. The fraction of sp³-hybridized carbons (Fsp3) is 0.417. The van der Waals surface area contributed by atoms with Gasteiger partial charge in [0.2, 0.25) is 10.0 Å². The number of carboxylic acid groups (broad SMARTS) is 1. The van der Waals surface area contributed by atoms with Gasteiger partial charge in [-0.05, 0) is 31.0 Å². The van der Waals surface area contributed by atoms with Crippen LogP contribution in [0.2, 0.25) is 5.02 Å². The molecule has 0 spiro atoms. The van der Waals surface area contributed by atoms with Crippen molar-refractivity contribution in [3.8, 4) is 0 Å². The zero-order valence-corrected chi connectivity index (χ0v) is 11.7. The van der Waals surface area contributed by atoms with Crippen LogP contribution in [0.4, 0.5) is 0 Å². The van der Waals surface area contributed by atoms with E-state index in [9.17, 15) is 13.2 Å². The number of hydrogen-bond donors (Lipinski definition) is 1. The Bertz CT molecular complexity index is 594. The topological polar surface area (TPSA) is 74.7 Å². The summed E-state index contributed by atoms with van der Waals surface area (Å²) >= 11 is 5.91. The van der Waals surface area contributed by atoms with E-state index in [2.05, 4.69) is 0 Å². The number of hydrogen-bond acceptors (Lipinski definition) is 3. The van der Waals surface area contributed by atoms with Gasteiger partial charge in [0.1, 0.15) is 4.90 Å².